The molecule has 3 aromatic carbocycles. The Morgan fingerprint density at radius 2 is 0.700 bits per heavy atom. The van der Waals surface area contributed by atoms with Crippen molar-refractivity contribution in [3.63, 3.8) is 0 Å². The lowest BCUT2D eigenvalue weighted by Gasteiger charge is -1.92. The molecule has 0 aliphatic rings. The molecule has 0 unspecified atom stereocenters. The Morgan fingerprint density at radius 1 is 0.450 bits per heavy atom. The van der Waals surface area contributed by atoms with Crippen LogP contribution >= 0.6 is 0 Å². The molecule has 0 radical (unpaired) electrons. The van der Waals surface area contributed by atoms with Crippen molar-refractivity contribution in [1.82, 2.24) is 0 Å². The van der Waals surface area contributed by atoms with Gasteiger partial charge in [0.25, 0.3) is 0 Å². The van der Waals surface area contributed by atoms with Crippen molar-refractivity contribution in [2.45, 2.75) is 0 Å². The van der Waals surface area contributed by atoms with Crippen LogP contribution < -0.4 is 0 Å². The lowest BCUT2D eigenvalue weighted by Crippen LogP contribution is -1.67. The van der Waals surface area contributed by atoms with E-state index < -0.39 is 0 Å². The fraction of sp³-hybridized carbons (Fsp3) is 0. The minimum Gasteiger partial charge on any atom is -0.181 e. The molecule has 0 aliphatic carbocycles. The van der Waals surface area contributed by atoms with Crippen LogP contribution in [0.15, 0.2) is 84.9 Å². The van der Waals surface area contributed by atoms with Gasteiger partial charge in [0.15, 0.2) is 12.1 Å². The first-order valence-electron chi connectivity index (χ1n) is 6.10. The summed E-state index contributed by atoms with van der Waals surface area (Å²) in [5.41, 5.74) is 0. The predicted molar refractivity (Wildman–Crippen MR) is 81.6 cm³/mol. The van der Waals surface area contributed by atoms with E-state index in [1.165, 1.54) is 22.9 Å². The first-order chi connectivity index (χ1) is 9.88. The summed E-state index contributed by atoms with van der Waals surface area (Å²) in [6.45, 7) is 0. The molecule has 0 bridgehead atoms. The molecular formula is C18H14N2. The Bertz CT molecular complexity index is 587. The standard InChI is InChI=1S/C10H8.C6H6.C2N2/c1-2-6-10-8-4-3-7-9(10)5-1;1-2-4-6-5-3-1;3-1-2-4/h1-8H;1-6H;. The highest BCUT2D eigenvalue weighted by molar-refractivity contribution is 5.81. The molecule has 0 amide bonds. The van der Waals surface area contributed by atoms with E-state index in [1.807, 2.05) is 36.4 Å². The predicted octanol–water partition coefficient (Wildman–Crippen LogP) is 4.56. The van der Waals surface area contributed by atoms with E-state index in [0.29, 0.717) is 0 Å². The Labute approximate surface area is 119 Å². The second-order valence-corrected chi connectivity index (χ2v) is 3.73. The van der Waals surface area contributed by atoms with Crippen LogP contribution in [0, 0.1) is 22.7 Å². The monoisotopic (exact) mass is 258 g/mol. The SMILES string of the molecule is N#CC#N.c1ccc2ccccc2c1.c1ccccc1. The van der Waals surface area contributed by atoms with E-state index in [9.17, 15) is 0 Å². The highest BCUT2D eigenvalue weighted by Gasteiger charge is 1.85. The van der Waals surface area contributed by atoms with Gasteiger partial charge in [-0.15, -0.1) is 0 Å². The van der Waals surface area contributed by atoms with Crippen LogP contribution in [0.1, 0.15) is 0 Å². The van der Waals surface area contributed by atoms with Gasteiger partial charge in [0.2, 0.25) is 0 Å². The van der Waals surface area contributed by atoms with E-state index in [2.05, 4.69) is 48.5 Å². The number of benzene rings is 3. The van der Waals surface area contributed by atoms with Gasteiger partial charge >= 0.3 is 0 Å². The second kappa shape index (κ2) is 9.88. The third kappa shape index (κ3) is 6.00. The van der Waals surface area contributed by atoms with Gasteiger partial charge in [-0.25, -0.2) is 0 Å². The average molecular weight is 258 g/mol. The van der Waals surface area contributed by atoms with Crippen LogP contribution in [0.4, 0.5) is 0 Å². The largest absolute Gasteiger partial charge is 0.181 e. The van der Waals surface area contributed by atoms with E-state index in [4.69, 9.17) is 10.5 Å². The topological polar surface area (TPSA) is 47.6 Å². The van der Waals surface area contributed by atoms with Crippen LogP contribution in [-0.4, -0.2) is 0 Å². The number of nitrogens with zero attached hydrogens (tertiary/aromatic N) is 2. The van der Waals surface area contributed by atoms with Crippen LogP contribution in [-0.2, 0) is 0 Å². The summed E-state index contributed by atoms with van der Waals surface area (Å²) in [4.78, 5) is 0. The van der Waals surface area contributed by atoms with Crippen molar-refractivity contribution in [2.75, 3.05) is 0 Å². The third-order valence-corrected chi connectivity index (χ3v) is 2.38. The van der Waals surface area contributed by atoms with Gasteiger partial charge in [-0.3, -0.25) is 0 Å². The molecule has 20 heavy (non-hydrogen) atoms. The van der Waals surface area contributed by atoms with Crippen LogP contribution in [0.3, 0.4) is 0 Å². The molecule has 0 aromatic heterocycles. The first kappa shape index (κ1) is 15.0. The first-order valence-corrected chi connectivity index (χ1v) is 6.10. The van der Waals surface area contributed by atoms with Gasteiger partial charge in [-0.05, 0) is 10.8 Å². The molecular weight excluding hydrogens is 244 g/mol. The maximum absolute atomic E-state index is 7.26. The summed E-state index contributed by atoms with van der Waals surface area (Å²) >= 11 is 0. The molecule has 0 fully saturated rings. The van der Waals surface area contributed by atoms with Crippen LogP contribution in [0.2, 0.25) is 0 Å². The molecule has 96 valence electrons. The van der Waals surface area contributed by atoms with Crippen molar-refractivity contribution >= 4 is 10.8 Å². The van der Waals surface area contributed by atoms with Crippen molar-refractivity contribution in [2.24, 2.45) is 0 Å². The highest BCUT2D eigenvalue weighted by atomic mass is 14.3. The minimum absolute atomic E-state index is 1.24. The molecule has 0 saturated carbocycles. The summed E-state index contributed by atoms with van der Waals surface area (Å²) in [5, 5.41) is 17.1. The van der Waals surface area contributed by atoms with Gasteiger partial charge in [0.1, 0.15) is 0 Å². The zero-order valence-electron chi connectivity index (χ0n) is 11.0. The van der Waals surface area contributed by atoms with E-state index in [-0.39, 0.29) is 0 Å². The molecule has 0 atom stereocenters. The normalized spacial score (nSPS) is 7.90. The van der Waals surface area contributed by atoms with Crippen molar-refractivity contribution in [1.29, 1.82) is 10.5 Å². The molecule has 3 aromatic rings. The van der Waals surface area contributed by atoms with Crippen LogP contribution in [0.25, 0.3) is 10.8 Å². The summed E-state index contributed by atoms with van der Waals surface area (Å²) in [7, 11) is 0. The van der Waals surface area contributed by atoms with Crippen molar-refractivity contribution < 1.29 is 0 Å². The van der Waals surface area contributed by atoms with Crippen LogP contribution in [0.5, 0.6) is 0 Å². The molecule has 3 rings (SSSR count). The summed E-state index contributed by atoms with van der Waals surface area (Å²) in [5.74, 6) is 0. The maximum Gasteiger partial charge on any atom is 0.181 e. The summed E-state index contributed by atoms with van der Waals surface area (Å²) < 4.78 is 0. The number of nitriles is 2. The van der Waals surface area contributed by atoms with Crippen molar-refractivity contribution in [3.8, 4) is 12.1 Å². The number of rotatable bonds is 0. The minimum atomic E-state index is 1.24. The van der Waals surface area contributed by atoms with E-state index in [0.717, 1.165) is 0 Å². The third-order valence-electron chi connectivity index (χ3n) is 2.38. The molecule has 0 saturated heterocycles. The molecule has 2 heteroatoms. The Hall–Kier alpha value is -3.10. The average Bonchev–Trinajstić information content (AvgIpc) is 2.57. The smallest absolute Gasteiger partial charge is 0.181 e. The number of hydrogen-bond acceptors (Lipinski definition) is 2. The molecule has 0 spiro atoms. The number of fused-ring (bicyclic) bond motifs is 1. The molecule has 0 N–H and O–H groups in total. The molecule has 0 heterocycles. The fourth-order valence-corrected chi connectivity index (χ4v) is 1.52. The van der Waals surface area contributed by atoms with E-state index in [1.54, 1.807) is 0 Å². The quantitative estimate of drug-likeness (QED) is 0.593. The lowest BCUT2D eigenvalue weighted by molar-refractivity contribution is 1.49. The van der Waals surface area contributed by atoms with E-state index >= 15 is 0 Å². The van der Waals surface area contributed by atoms with Gasteiger partial charge in [0.05, 0.1) is 0 Å². The highest BCUT2D eigenvalue weighted by Crippen LogP contribution is 2.11. The Kier molecular flexibility index (Phi) is 7.39. The van der Waals surface area contributed by atoms with Gasteiger partial charge in [-0.1, -0.05) is 84.9 Å². The Morgan fingerprint density at radius 3 is 0.900 bits per heavy atom. The van der Waals surface area contributed by atoms with Gasteiger partial charge < -0.3 is 0 Å². The summed E-state index contributed by atoms with van der Waals surface area (Å²) in [6.07, 6.45) is 0. The second-order valence-electron chi connectivity index (χ2n) is 3.73. The lowest BCUT2D eigenvalue weighted by atomic mass is 10.1. The molecule has 0 aliphatic heterocycles. The number of hydrogen-bond donors (Lipinski definition) is 0. The fourth-order valence-electron chi connectivity index (χ4n) is 1.52. The zero-order valence-corrected chi connectivity index (χ0v) is 11.0. The summed E-state index contributed by atoms with van der Waals surface area (Å²) in [6, 6.07) is 31.2. The zero-order chi connectivity index (χ0) is 14.5. The Balaban J connectivity index is 0.000000172. The molecule has 2 nitrogen and oxygen atoms in total. The van der Waals surface area contributed by atoms with Crippen molar-refractivity contribution in [3.05, 3.63) is 84.9 Å². The van der Waals surface area contributed by atoms with Gasteiger partial charge in [0, 0.05) is 0 Å². The maximum atomic E-state index is 7.26. The van der Waals surface area contributed by atoms with Gasteiger partial charge in [-0.2, -0.15) is 10.5 Å².